The van der Waals surface area contributed by atoms with Crippen molar-refractivity contribution < 1.29 is 13.0 Å². The zero-order valence-corrected chi connectivity index (χ0v) is 15.2. The van der Waals surface area contributed by atoms with E-state index in [-0.39, 0.29) is 6.54 Å². The number of aromatic nitrogens is 4. The molecule has 10 heteroatoms. The highest BCUT2D eigenvalue weighted by Gasteiger charge is 2.18. The lowest BCUT2D eigenvalue weighted by Crippen LogP contribution is -2.23. The van der Waals surface area contributed by atoms with E-state index in [1.807, 2.05) is 28.9 Å². The molecule has 1 aliphatic rings. The highest BCUT2D eigenvalue weighted by atomic mass is 32.2. The maximum atomic E-state index is 11.3. The van der Waals surface area contributed by atoms with Crippen LogP contribution in [0.5, 0.6) is 0 Å². The molecule has 138 valence electrons. The number of hydrogen-bond donors (Lipinski definition) is 1. The van der Waals surface area contributed by atoms with Crippen LogP contribution in [0.15, 0.2) is 28.9 Å². The lowest BCUT2D eigenvalue weighted by molar-refractivity contribution is 0.261. The van der Waals surface area contributed by atoms with E-state index in [4.69, 9.17) is 4.63 Å². The highest BCUT2D eigenvalue weighted by Crippen LogP contribution is 2.20. The number of nitrogens with zero attached hydrogens (tertiary/aromatic N) is 5. The molecule has 0 spiro atoms. The Morgan fingerprint density at radius 3 is 3.00 bits per heavy atom. The molecule has 3 aromatic rings. The van der Waals surface area contributed by atoms with Crippen LogP contribution in [0.1, 0.15) is 23.4 Å². The minimum atomic E-state index is -3.23. The van der Waals surface area contributed by atoms with Gasteiger partial charge in [0.1, 0.15) is 11.0 Å². The molecule has 3 heterocycles. The molecule has 0 amide bonds. The summed E-state index contributed by atoms with van der Waals surface area (Å²) in [6.45, 7) is 3.46. The summed E-state index contributed by atoms with van der Waals surface area (Å²) in [5.74, 6) is 0. The molecule has 0 unspecified atom stereocenters. The largest absolute Gasteiger partial charge is 0.293 e. The van der Waals surface area contributed by atoms with Gasteiger partial charge in [0, 0.05) is 26.2 Å². The fourth-order valence-corrected chi connectivity index (χ4v) is 3.66. The van der Waals surface area contributed by atoms with E-state index in [0.717, 1.165) is 66.8 Å². The summed E-state index contributed by atoms with van der Waals surface area (Å²) >= 11 is 0. The molecule has 1 N–H and O–H groups in total. The topological polar surface area (TPSA) is 106 Å². The van der Waals surface area contributed by atoms with Crippen LogP contribution in [0, 0.1) is 0 Å². The van der Waals surface area contributed by atoms with E-state index in [2.05, 4.69) is 25.0 Å². The Balaban J connectivity index is 1.50. The number of hydrogen-bond acceptors (Lipinski definition) is 7. The van der Waals surface area contributed by atoms with Gasteiger partial charge in [0.15, 0.2) is 0 Å². The monoisotopic (exact) mass is 376 g/mol. The number of rotatable bonds is 5. The van der Waals surface area contributed by atoms with E-state index < -0.39 is 10.0 Å². The minimum absolute atomic E-state index is 0.211. The number of sulfonamides is 1. The SMILES string of the molecule is CS(=O)(=O)NCc1cc2n(n1)CCCN(Cc1cccc3nonc13)C2. The molecule has 4 rings (SSSR count). The van der Waals surface area contributed by atoms with Crippen molar-refractivity contribution in [2.75, 3.05) is 12.8 Å². The van der Waals surface area contributed by atoms with Crippen molar-refractivity contribution >= 4 is 21.1 Å². The van der Waals surface area contributed by atoms with Crippen LogP contribution in [-0.2, 0) is 36.2 Å². The molecular weight excluding hydrogens is 356 g/mol. The van der Waals surface area contributed by atoms with Gasteiger partial charge in [-0.15, -0.1) is 0 Å². The Hall–Kier alpha value is -2.30. The van der Waals surface area contributed by atoms with Crippen molar-refractivity contribution in [2.24, 2.45) is 0 Å². The summed E-state index contributed by atoms with van der Waals surface area (Å²) in [5.41, 5.74) is 4.45. The summed E-state index contributed by atoms with van der Waals surface area (Å²) in [6, 6.07) is 7.84. The molecule has 0 radical (unpaired) electrons. The Bertz CT molecular complexity index is 1030. The minimum Gasteiger partial charge on any atom is -0.293 e. The van der Waals surface area contributed by atoms with Gasteiger partial charge in [0.05, 0.1) is 24.2 Å². The molecule has 0 bridgehead atoms. The van der Waals surface area contributed by atoms with Crippen molar-refractivity contribution in [1.29, 1.82) is 0 Å². The lowest BCUT2D eigenvalue weighted by atomic mass is 10.1. The third-order valence-corrected chi connectivity index (χ3v) is 5.09. The number of nitrogens with one attached hydrogen (secondary N) is 1. The van der Waals surface area contributed by atoms with E-state index in [0.29, 0.717) is 0 Å². The molecule has 0 fully saturated rings. The van der Waals surface area contributed by atoms with E-state index >= 15 is 0 Å². The quantitative estimate of drug-likeness (QED) is 0.704. The van der Waals surface area contributed by atoms with Gasteiger partial charge in [-0.05, 0) is 34.4 Å². The van der Waals surface area contributed by atoms with E-state index in [1.54, 1.807) is 0 Å². The summed E-state index contributed by atoms with van der Waals surface area (Å²) in [6.07, 6.45) is 2.12. The van der Waals surface area contributed by atoms with Crippen molar-refractivity contribution in [2.45, 2.75) is 32.6 Å². The smallest absolute Gasteiger partial charge is 0.209 e. The van der Waals surface area contributed by atoms with Crippen LogP contribution >= 0.6 is 0 Å². The third kappa shape index (κ3) is 3.76. The average Bonchev–Trinajstić information content (AvgIpc) is 3.16. The van der Waals surface area contributed by atoms with Gasteiger partial charge in [-0.2, -0.15) is 5.10 Å². The van der Waals surface area contributed by atoms with Crippen molar-refractivity contribution in [3.63, 3.8) is 0 Å². The Kier molecular flexibility index (Phi) is 4.47. The van der Waals surface area contributed by atoms with Crippen molar-refractivity contribution in [3.8, 4) is 0 Å². The molecule has 26 heavy (non-hydrogen) atoms. The van der Waals surface area contributed by atoms with E-state index in [9.17, 15) is 8.42 Å². The molecule has 9 nitrogen and oxygen atoms in total. The van der Waals surface area contributed by atoms with Crippen LogP contribution in [-0.4, -0.2) is 46.2 Å². The normalized spacial score (nSPS) is 15.9. The molecule has 0 saturated carbocycles. The first-order valence-electron chi connectivity index (χ1n) is 8.41. The molecule has 1 aliphatic heterocycles. The van der Waals surface area contributed by atoms with Crippen molar-refractivity contribution in [3.05, 3.63) is 41.2 Å². The Morgan fingerprint density at radius 2 is 2.15 bits per heavy atom. The fraction of sp³-hybridized carbons (Fsp3) is 0.438. The second kappa shape index (κ2) is 6.78. The second-order valence-electron chi connectivity index (χ2n) is 6.56. The van der Waals surface area contributed by atoms with E-state index in [1.165, 1.54) is 0 Å². The third-order valence-electron chi connectivity index (χ3n) is 4.42. The maximum absolute atomic E-state index is 11.3. The summed E-state index contributed by atoms with van der Waals surface area (Å²) in [7, 11) is -3.23. The predicted octanol–water partition coefficient (Wildman–Crippen LogP) is 0.874. The average molecular weight is 376 g/mol. The molecule has 0 aliphatic carbocycles. The number of fused-ring (bicyclic) bond motifs is 2. The van der Waals surface area contributed by atoms with Crippen LogP contribution in [0.2, 0.25) is 0 Å². The lowest BCUT2D eigenvalue weighted by Gasteiger charge is -2.19. The first-order valence-corrected chi connectivity index (χ1v) is 10.3. The van der Waals surface area contributed by atoms with Crippen LogP contribution in [0.4, 0.5) is 0 Å². The number of aryl methyl sites for hydroxylation is 1. The predicted molar refractivity (Wildman–Crippen MR) is 94.4 cm³/mol. The zero-order chi connectivity index (χ0) is 18.1. The standard InChI is InChI=1S/C16H20N6O3S/c1-26(23,24)17-9-13-8-14-11-21(6-3-7-22(14)18-13)10-12-4-2-5-15-16(12)20-25-19-15/h2,4-5,8,17H,3,6-7,9-11H2,1H3. The Morgan fingerprint density at radius 1 is 1.27 bits per heavy atom. The van der Waals surface area contributed by atoms with Gasteiger partial charge in [-0.1, -0.05) is 12.1 Å². The Labute approximate surface area is 151 Å². The highest BCUT2D eigenvalue weighted by molar-refractivity contribution is 7.88. The van der Waals surface area contributed by atoms with Crippen LogP contribution < -0.4 is 4.72 Å². The van der Waals surface area contributed by atoms with Crippen LogP contribution in [0.25, 0.3) is 11.0 Å². The second-order valence-corrected chi connectivity index (χ2v) is 8.39. The fourth-order valence-electron chi connectivity index (χ4n) is 3.25. The summed E-state index contributed by atoms with van der Waals surface area (Å²) in [5, 5.41) is 12.4. The van der Waals surface area contributed by atoms with Gasteiger partial charge >= 0.3 is 0 Å². The first kappa shape index (κ1) is 17.1. The van der Waals surface area contributed by atoms with Gasteiger partial charge in [-0.3, -0.25) is 9.58 Å². The van der Waals surface area contributed by atoms with Gasteiger partial charge in [0.2, 0.25) is 10.0 Å². The molecule has 1 aromatic carbocycles. The van der Waals surface area contributed by atoms with Gasteiger partial charge in [0.25, 0.3) is 0 Å². The molecule has 0 saturated heterocycles. The van der Waals surface area contributed by atoms with Gasteiger partial charge < -0.3 is 0 Å². The summed E-state index contributed by atoms with van der Waals surface area (Å²) in [4.78, 5) is 2.33. The molecule has 0 atom stereocenters. The summed E-state index contributed by atoms with van der Waals surface area (Å²) < 4.78 is 31.8. The van der Waals surface area contributed by atoms with Crippen molar-refractivity contribution in [1.82, 2.24) is 29.7 Å². The zero-order valence-electron chi connectivity index (χ0n) is 14.4. The van der Waals surface area contributed by atoms with Crippen LogP contribution in [0.3, 0.4) is 0 Å². The molecule has 2 aromatic heterocycles. The number of benzene rings is 1. The molecular formula is C16H20N6O3S. The first-order chi connectivity index (χ1) is 12.5. The maximum Gasteiger partial charge on any atom is 0.209 e. The van der Waals surface area contributed by atoms with Gasteiger partial charge in [-0.25, -0.2) is 17.8 Å².